The van der Waals surface area contributed by atoms with Gasteiger partial charge in [0.1, 0.15) is 18.5 Å². The van der Waals surface area contributed by atoms with Gasteiger partial charge < -0.3 is 19.3 Å². The summed E-state index contributed by atoms with van der Waals surface area (Å²) in [5.74, 6) is 0.707. The number of hydrogen-bond acceptors (Lipinski definition) is 5. The second kappa shape index (κ2) is 8.78. The number of benzene rings is 2. The highest BCUT2D eigenvalue weighted by atomic mass is 16.5. The zero-order chi connectivity index (χ0) is 20.2. The number of β-amino-alcohol motifs (C(OH)–C–C–N with tert-alkyl or cyclic N) is 1. The van der Waals surface area contributed by atoms with Crippen LogP contribution in [0.2, 0.25) is 0 Å². The summed E-state index contributed by atoms with van der Waals surface area (Å²) in [6.45, 7) is 4.85. The Hall–Kier alpha value is -2.67. The topological polar surface area (TPSA) is 57.9 Å². The number of aromatic nitrogens is 1. The quantitative estimate of drug-likeness (QED) is 0.625. The molecule has 1 aromatic heterocycles. The fourth-order valence-corrected chi connectivity index (χ4v) is 3.85. The number of aliphatic hydroxyl groups is 1. The molecule has 29 heavy (non-hydrogen) atoms. The van der Waals surface area contributed by atoms with Crippen LogP contribution >= 0.6 is 0 Å². The molecule has 1 atom stereocenters. The van der Waals surface area contributed by atoms with Gasteiger partial charge in [0.2, 0.25) is 0 Å². The van der Waals surface area contributed by atoms with Gasteiger partial charge in [0, 0.05) is 49.9 Å². The van der Waals surface area contributed by atoms with E-state index in [1.807, 2.05) is 59.3 Å². The maximum atomic E-state index is 11.3. The lowest BCUT2D eigenvalue weighted by molar-refractivity contribution is 0.0505. The summed E-state index contributed by atoms with van der Waals surface area (Å²) in [7, 11) is 2.12. The fourth-order valence-electron chi connectivity index (χ4n) is 3.85. The molecule has 1 saturated heterocycles. The van der Waals surface area contributed by atoms with Gasteiger partial charge in [-0.2, -0.15) is 0 Å². The molecule has 0 radical (unpaired) electrons. The van der Waals surface area contributed by atoms with Crippen LogP contribution in [0.4, 0.5) is 0 Å². The maximum Gasteiger partial charge on any atom is 0.150 e. The van der Waals surface area contributed by atoms with E-state index < -0.39 is 6.10 Å². The molecule has 0 bridgehead atoms. The number of carbonyl (C=O) groups excluding carboxylic acids is 1. The third kappa shape index (κ3) is 4.34. The van der Waals surface area contributed by atoms with E-state index in [0.29, 0.717) is 17.9 Å². The van der Waals surface area contributed by atoms with Crippen LogP contribution < -0.4 is 4.74 Å². The van der Waals surface area contributed by atoms with E-state index in [-0.39, 0.29) is 6.61 Å². The number of aldehydes is 1. The van der Waals surface area contributed by atoms with Crippen molar-refractivity contribution in [3.05, 3.63) is 60.3 Å². The van der Waals surface area contributed by atoms with E-state index >= 15 is 0 Å². The summed E-state index contributed by atoms with van der Waals surface area (Å²) in [5, 5.41) is 11.4. The van der Waals surface area contributed by atoms with E-state index in [1.54, 1.807) is 0 Å². The van der Waals surface area contributed by atoms with Crippen molar-refractivity contribution in [3.63, 3.8) is 0 Å². The normalized spacial score (nSPS) is 16.8. The smallest absolute Gasteiger partial charge is 0.150 e. The van der Waals surface area contributed by atoms with Gasteiger partial charge in [-0.1, -0.05) is 24.3 Å². The number of hydrogen-bond donors (Lipinski definition) is 1. The molecule has 0 spiro atoms. The van der Waals surface area contributed by atoms with E-state index in [9.17, 15) is 9.90 Å². The van der Waals surface area contributed by atoms with Crippen LogP contribution in [0.3, 0.4) is 0 Å². The Morgan fingerprint density at radius 2 is 1.86 bits per heavy atom. The lowest BCUT2D eigenvalue weighted by atomic mass is 10.1. The highest BCUT2D eigenvalue weighted by molar-refractivity contribution is 5.97. The third-order valence-electron chi connectivity index (χ3n) is 5.51. The average Bonchev–Trinajstić information content (AvgIpc) is 3.18. The molecule has 0 amide bonds. The van der Waals surface area contributed by atoms with Crippen molar-refractivity contribution in [2.45, 2.75) is 6.10 Å². The van der Waals surface area contributed by atoms with Gasteiger partial charge in [-0.25, -0.2) is 0 Å². The molecule has 152 valence electrons. The van der Waals surface area contributed by atoms with E-state index in [4.69, 9.17) is 4.74 Å². The highest BCUT2D eigenvalue weighted by Gasteiger charge is 2.18. The van der Waals surface area contributed by atoms with Crippen LogP contribution in [0.5, 0.6) is 5.75 Å². The Balaban J connectivity index is 1.48. The predicted octanol–water partition coefficient (Wildman–Crippen LogP) is 2.43. The molecule has 0 aliphatic carbocycles. The average molecular weight is 393 g/mol. The lowest BCUT2D eigenvalue weighted by Gasteiger charge is -2.33. The molecule has 1 unspecified atom stereocenters. The van der Waals surface area contributed by atoms with Gasteiger partial charge in [-0.3, -0.25) is 9.69 Å². The van der Waals surface area contributed by atoms with Crippen LogP contribution in [-0.2, 0) is 0 Å². The van der Waals surface area contributed by atoms with Crippen molar-refractivity contribution < 1.29 is 14.6 Å². The summed E-state index contributed by atoms with van der Waals surface area (Å²) in [6.07, 6.45) is 2.28. The van der Waals surface area contributed by atoms with Crippen LogP contribution in [-0.4, -0.2) is 78.2 Å². The van der Waals surface area contributed by atoms with Gasteiger partial charge in [0.05, 0.1) is 11.2 Å². The van der Waals surface area contributed by atoms with Crippen molar-refractivity contribution in [1.82, 2.24) is 14.4 Å². The summed E-state index contributed by atoms with van der Waals surface area (Å²) < 4.78 is 8.03. The van der Waals surface area contributed by atoms with E-state index in [0.717, 1.165) is 49.1 Å². The van der Waals surface area contributed by atoms with Gasteiger partial charge >= 0.3 is 0 Å². The number of aliphatic hydroxyl groups excluding tert-OH is 1. The van der Waals surface area contributed by atoms with Crippen molar-refractivity contribution in [1.29, 1.82) is 0 Å². The fraction of sp³-hybridized carbons (Fsp3) is 0.348. The molecule has 3 aromatic rings. The van der Waals surface area contributed by atoms with Crippen molar-refractivity contribution >= 4 is 17.2 Å². The van der Waals surface area contributed by atoms with Crippen LogP contribution in [0.15, 0.2) is 54.7 Å². The lowest BCUT2D eigenvalue weighted by Crippen LogP contribution is -2.47. The standard InChI is InChI=1S/C23H27N3O3/c1-24-11-13-25(14-12-24)15-19(28)17-29-23-8-3-2-6-22(23)26-10-9-20-18(16-27)5-4-7-21(20)26/h2-10,16,19,28H,11-15,17H2,1H3. The predicted molar refractivity (Wildman–Crippen MR) is 114 cm³/mol. The zero-order valence-corrected chi connectivity index (χ0v) is 16.7. The maximum absolute atomic E-state index is 11.3. The minimum Gasteiger partial charge on any atom is -0.489 e. The van der Waals surface area contributed by atoms with Crippen molar-refractivity contribution in [3.8, 4) is 11.4 Å². The molecule has 4 rings (SSSR count). The van der Waals surface area contributed by atoms with E-state index in [1.165, 1.54) is 0 Å². The first kappa shape index (κ1) is 19.6. The Bertz CT molecular complexity index is 976. The summed E-state index contributed by atoms with van der Waals surface area (Å²) in [6, 6.07) is 15.4. The van der Waals surface area contributed by atoms with Gasteiger partial charge in [-0.15, -0.1) is 0 Å². The Morgan fingerprint density at radius 1 is 1.07 bits per heavy atom. The number of nitrogens with zero attached hydrogens (tertiary/aromatic N) is 3. The Kier molecular flexibility index (Phi) is 5.94. The van der Waals surface area contributed by atoms with Crippen molar-refractivity contribution in [2.75, 3.05) is 46.4 Å². The number of carbonyl (C=O) groups is 1. The number of ether oxygens (including phenoxy) is 1. The van der Waals surface area contributed by atoms with E-state index in [2.05, 4.69) is 16.8 Å². The molecule has 2 heterocycles. The summed E-state index contributed by atoms with van der Waals surface area (Å²) in [4.78, 5) is 15.9. The number of rotatable bonds is 7. The second-order valence-corrected chi connectivity index (χ2v) is 7.62. The number of fused-ring (bicyclic) bond motifs is 1. The second-order valence-electron chi connectivity index (χ2n) is 7.62. The highest BCUT2D eigenvalue weighted by Crippen LogP contribution is 2.28. The first-order valence-corrected chi connectivity index (χ1v) is 10.0. The van der Waals surface area contributed by atoms with Crippen molar-refractivity contribution in [2.24, 2.45) is 0 Å². The number of piperazine rings is 1. The van der Waals surface area contributed by atoms with Gasteiger partial charge in [-0.05, 0) is 31.3 Å². The molecule has 1 aliphatic heterocycles. The molecular weight excluding hydrogens is 366 g/mol. The van der Waals surface area contributed by atoms with Gasteiger partial charge in [0.15, 0.2) is 6.29 Å². The molecule has 6 nitrogen and oxygen atoms in total. The molecular formula is C23H27N3O3. The Labute approximate surface area is 170 Å². The number of para-hydroxylation sites is 2. The first-order valence-electron chi connectivity index (χ1n) is 10.0. The Morgan fingerprint density at radius 3 is 2.66 bits per heavy atom. The van der Waals surface area contributed by atoms with Crippen LogP contribution in [0, 0.1) is 0 Å². The van der Waals surface area contributed by atoms with Crippen LogP contribution in [0.25, 0.3) is 16.6 Å². The molecule has 0 saturated carbocycles. The molecule has 6 heteroatoms. The van der Waals surface area contributed by atoms with Crippen LogP contribution in [0.1, 0.15) is 10.4 Å². The monoisotopic (exact) mass is 393 g/mol. The largest absolute Gasteiger partial charge is 0.489 e. The number of likely N-dealkylation sites (N-methyl/N-ethyl adjacent to an activating group) is 1. The SMILES string of the molecule is CN1CCN(CC(O)COc2ccccc2-n2ccc3c(C=O)cccc32)CC1. The summed E-state index contributed by atoms with van der Waals surface area (Å²) >= 11 is 0. The zero-order valence-electron chi connectivity index (χ0n) is 16.7. The molecule has 1 N–H and O–H groups in total. The third-order valence-corrected chi connectivity index (χ3v) is 5.51. The van der Waals surface area contributed by atoms with Gasteiger partial charge in [0.25, 0.3) is 0 Å². The minimum absolute atomic E-state index is 0.238. The first-order chi connectivity index (χ1) is 14.2. The molecule has 1 aliphatic rings. The summed E-state index contributed by atoms with van der Waals surface area (Å²) in [5.41, 5.74) is 2.50. The molecule has 2 aromatic carbocycles. The minimum atomic E-state index is -0.547. The molecule has 1 fully saturated rings.